The quantitative estimate of drug-likeness (QED) is 0.578. The first kappa shape index (κ1) is 16.7. The highest BCUT2D eigenvalue weighted by molar-refractivity contribution is 9.10. The van der Waals surface area contributed by atoms with Gasteiger partial charge in [0.2, 0.25) is 0 Å². The molecule has 0 radical (unpaired) electrons. The maximum absolute atomic E-state index is 12.9. The number of carbonyl (C=O) groups is 2. The van der Waals surface area contributed by atoms with Gasteiger partial charge in [-0.3, -0.25) is 9.59 Å². The molecule has 1 amide bonds. The van der Waals surface area contributed by atoms with Gasteiger partial charge in [-0.2, -0.15) is 0 Å². The van der Waals surface area contributed by atoms with Gasteiger partial charge in [-0.05, 0) is 43.2 Å². The summed E-state index contributed by atoms with van der Waals surface area (Å²) in [5.74, 6) is -0.212. The van der Waals surface area contributed by atoms with Crippen LogP contribution in [-0.2, 0) is 0 Å². The zero-order valence-corrected chi connectivity index (χ0v) is 14.9. The average Bonchev–Trinajstić information content (AvgIpc) is 2.62. The van der Waals surface area contributed by atoms with E-state index in [4.69, 9.17) is 0 Å². The Labute approximate surface area is 150 Å². The summed E-state index contributed by atoms with van der Waals surface area (Å²) >= 11 is 3.37. The van der Waals surface area contributed by atoms with Gasteiger partial charge in [0.15, 0.2) is 5.78 Å². The predicted octanol–water partition coefficient (Wildman–Crippen LogP) is 4.47. The second kappa shape index (κ2) is 7.14. The molecule has 3 rings (SSSR count). The smallest absolute Gasteiger partial charge is 0.254 e. The van der Waals surface area contributed by atoms with E-state index >= 15 is 0 Å². The third-order valence-corrected chi connectivity index (χ3v) is 4.79. The van der Waals surface area contributed by atoms with Crippen LogP contribution in [0.5, 0.6) is 0 Å². The zero-order valence-electron chi connectivity index (χ0n) is 13.3. The van der Waals surface area contributed by atoms with Crippen molar-refractivity contribution in [3.8, 4) is 0 Å². The van der Waals surface area contributed by atoms with Crippen LogP contribution >= 0.6 is 15.9 Å². The second-order valence-electron chi connectivity index (χ2n) is 5.92. The Balaban J connectivity index is 1.90. The molecule has 0 saturated carbocycles. The van der Waals surface area contributed by atoms with Crippen LogP contribution in [0, 0.1) is 0 Å². The van der Waals surface area contributed by atoms with Crippen LogP contribution in [-0.4, -0.2) is 29.7 Å². The van der Waals surface area contributed by atoms with E-state index in [-0.39, 0.29) is 11.7 Å². The topological polar surface area (TPSA) is 37.4 Å². The highest BCUT2D eigenvalue weighted by atomic mass is 79.9. The van der Waals surface area contributed by atoms with E-state index in [0.29, 0.717) is 29.8 Å². The van der Waals surface area contributed by atoms with E-state index in [2.05, 4.69) is 22.5 Å². The Bertz CT molecular complexity index is 786. The molecule has 1 heterocycles. The number of hydrogen-bond donors (Lipinski definition) is 0. The van der Waals surface area contributed by atoms with Gasteiger partial charge in [0.25, 0.3) is 5.91 Å². The molecule has 122 valence electrons. The number of benzene rings is 2. The zero-order chi connectivity index (χ0) is 17.1. The van der Waals surface area contributed by atoms with Crippen LogP contribution < -0.4 is 0 Å². The third kappa shape index (κ3) is 3.49. The first-order chi connectivity index (χ1) is 11.6. The molecule has 24 heavy (non-hydrogen) atoms. The van der Waals surface area contributed by atoms with Crippen LogP contribution in [0.15, 0.2) is 65.2 Å². The lowest BCUT2D eigenvalue weighted by Gasteiger charge is -2.28. The summed E-state index contributed by atoms with van der Waals surface area (Å²) in [6.07, 6.45) is 1.66. The standard InChI is InChI=1S/C20H18BrNO2/c1-14-10-12-22(13-11-14)20(24)18-5-3-2-4-17(18)19(23)15-6-8-16(21)9-7-15/h2-9H,1,10-13H2. The van der Waals surface area contributed by atoms with E-state index in [1.807, 2.05) is 17.0 Å². The minimum atomic E-state index is -0.132. The number of piperidine rings is 1. The summed E-state index contributed by atoms with van der Waals surface area (Å²) in [7, 11) is 0. The minimum Gasteiger partial charge on any atom is -0.338 e. The molecule has 0 atom stereocenters. The fourth-order valence-corrected chi connectivity index (χ4v) is 3.09. The monoisotopic (exact) mass is 383 g/mol. The Morgan fingerprint density at radius 3 is 2.12 bits per heavy atom. The van der Waals surface area contributed by atoms with Crippen molar-refractivity contribution in [2.24, 2.45) is 0 Å². The van der Waals surface area contributed by atoms with E-state index in [9.17, 15) is 9.59 Å². The Morgan fingerprint density at radius 1 is 0.917 bits per heavy atom. The van der Waals surface area contributed by atoms with Crippen LogP contribution in [0.1, 0.15) is 39.1 Å². The summed E-state index contributed by atoms with van der Waals surface area (Å²) < 4.78 is 0.914. The molecule has 1 fully saturated rings. The number of likely N-dealkylation sites (tertiary alicyclic amines) is 1. The first-order valence-electron chi connectivity index (χ1n) is 7.91. The number of amides is 1. The maximum atomic E-state index is 12.9. The van der Waals surface area contributed by atoms with Gasteiger partial charge >= 0.3 is 0 Å². The van der Waals surface area contributed by atoms with Gasteiger partial charge in [0.1, 0.15) is 0 Å². The first-order valence-corrected chi connectivity index (χ1v) is 8.71. The highest BCUT2D eigenvalue weighted by Gasteiger charge is 2.24. The lowest BCUT2D eigenvalue weighted by molar-refractivity contribution is 0.0739. The minimum absolute atomic E-state index is 0.0800. The number of rotatable bonds is 3. The normalized spacial score (nSPS) is 14.5. The van der Waals surface area contributed by atoms with Crippen molar-refractivity contribution < 1.29 is 9.59 Å². The molecule has 0 bridgehead atoms. The van der Waals surface area contributed by atoms with Gasteiger partial charge in [-0.1, -0.05) is 46.3 Å². The van der Waals surface area contributed by atoms with Crippen LogP contribution in [0.2, 0.25) is 0 Å². The lowest BCUT2D eigenvalue weighted by atomic mass is 9.96. The van der Waals surface area contributed by atoms with Gasteiger partial charge in [-0.25, -0.2) is 0 Å². The summed E-state index contributed by atoms with van der Waals surface area (Å²) in [6.45, 7) is 5.31. The molecule has 4 heteroatoms. The van der Waals surface area contributed by atoms with Gasteiger partial charge in [0.05, 0.1) is 5.56 Å². The number of ketones is 1. The fraction of sp³-hybridized carbons (Fsp3) is 0.200. The Morgan fingerprint density at radius 2 is 1.50 bits per heavy atom. The fourth-order valence-electron chi connectivity index (χ4n) is 2.82. The van der Waals surface area contributed by atoms with Crippen molar-refractivity contribution in [2.75, 3.05) is 13.1 Å². The molecular formula is C20H18BrNO2. The molecule has 1 aliphatic heterocycles. The molecule has 0 spiro atoms. The van der Waals surface area contributed by atoms with E-state index in [1.165, 1.54) is 5.57 Å². The molecule has 2 aromatic carbocycles. The van der Waals surface area contributed by atoms with Crippen molar-refractivity contribution >= 4 is 27.6 Å². The molecule has 0 aromatic heterocycles. The summed E-state index contributed by atoms with van der Waals surface area (Å²) in [5.41, 5.74) is 2.68. The molecule has 3 nitrogen and oxygen atoms in total. The van der Waals surface area contributed by atoms with Crippen LogP contribution in [0.3, 0.4) is 0 Å². The SMILES string of the molecule is C=C1CCN(C(=O)c2ccccc2C(=O)c2ccc(Br)cc2)CC1. The van der Waals surface area contributed by atoms with Gasteiger partial charge < -0.3 is 4.90 Å². The van der Waals surface area contributed by atoms with E-state index in [1.54, 1.807) is 36.4 Å². The Kier molecular flexibility index (Phi) is 4.95. The number of halogens is 1. The van der Waals surface area contributed by atoms with E-state index in [0.717, 1.165) is 17.3 Å². The molecule has 0 N–H and O–H groups in total. The molecule has 0 unspecified atom stereocenters. The second-order valence-corrected chi connectivity index (χ2v) is 6.84. The van der Waals surface area contributed by atoms with E-state index < -0.39 is 0 Å². The van der Waals surface area contributed by atoms with Crippen molar-refractivity contribution in [3.05, 3.63) is 81.8 Å². The molecule has 2 aromatic rings. The summed E-state index contributed by atoms with van der Waals surface area (Å²) in [5, 5.41) is 0. The molecule has 1 saturated heterocycles. The van der Waals surface area contributed by atoms with Gasteiger partial charge in [0, 0.05) is 28.7 Å². The Hall–Kier alpha value is -2.20. The summed E-state index contributed by atoms with van der Waals surface area (Å²) in [4.78, 5) is 27.5. The number of carbonyl (C=O) groups excluding carboxylic acids is 2. The van der Waals surface area contributed by atoms with Crippen molar-refractivity contribution in [1.82, 2.24) is 4.90 Å². The largest absolute Gasteiger partial charge is 0.338 e. The molecule has 0 aliphatic carbocycles. The van der Waals surface area contributed by atoms with Crippen LogP contribution in [0.25, 0.3) is 0 Å². The number of nitrogens with zero attached hydrogens (tertiary/aromatic N) is 1. The van der Waals surface area contributed by atoms with Crippen molar-refractivity contribution in [1.29, 1.82) is 0 Å². The van der Waals surface area contributed by atoms with Crippen molar-refractivity contribution in [2.45, 2.75) is 12.8 Å². The van der Waals surface area contributed by atoms with Crippen molar-refractivity contribution in [3.63, 3.8) is 0 Å². The van der Waals surface area contributed by atoms with Gasteiger partial charge in [-0.15, -0.1) is 0 Å². The predicted molar refractivity (Wildman–Crippen MR) is 98.3 cm³/mol. The maximum Gasteiger partial charge on any atom is 0.254 e. The van der Waals surface area contributed by atoms with Crippen LogP contribution in [0.4, 0.5) is 0 Å². The third-order valence-electron chi connectivity index (χ3n) is 4.27. The lowest BCUT2D eigenvalue weighted by Crippen LogP contribution is -2.37. The highest BCUT2D eigenvalue weighted by Crippen LogP contribution is 2.21. The average molecular weight is 384 g/mol. The number of hydrogen-bond acceptors (Lipinski definition) is 2. The summed E-state index contributed by atoms with van der Waals surface area (Å²) in [6, 6.07) is 14.2. The molecular weight excluding hydrogens is 366 g/mol. The molecule has 1 aliphatic rings.